The van der Waals surface area contributed by atoms with Crippen molar-refractivity contribution >= 4 is 5.91 Å². The lowest BCUT2D eigenvalue weighted by atomic mass is 10.00. The maximum atomic E-state index is 12.0. The molecule has 0 bridgehead atoms. The lowest BCUT2D eigenvalue weighted by molar-refractivity contribution is -0.133. The fourth-order valence-corrected chi connectivity index (χ4v) is 3.07. The van der Waals surface area contributed by atoms with Crippen molar-refractivity contribution in [2.45, 2.75) is 37.3 Å². The Morgan fingerprint density at radius 3 is 2.67 bits per heavy atom. The van der Waals surface area contributed by atoms with E-state index in [0.29, 0.717) is 11.8 Å². The Morgan fingerprint density at radius 1 is 1.33 bits per heavy atom. The van der Waals surface area contributed by atoms with Crippen LogP contribution in [0.3, 0.4) is 0 Å². The molecule has 3 unspecified atom stereocenters. The predicted octanol–water partition coefficient (Wildman–Crippen LogP) is -0.293. The van der Waals surface area contributed by atoms with Crippen molar-refractivity contribution < 1.29 is 9.90 Å². The molecule has 3 N–H and O–H groups in total. The van der Waals surface area contributed by atoms with Crippen LogP contribution in [0.15, 0.2) is 0 Å². The van der Waals surface area contributed by atoms with Gasteiger partial charge in [0.2, 0.25) is 5.91 Å². The van der Waals surface area contributed by atoms with Gasteiger partial charge in [-0.15, -0.1) is 0 Å². The van der Waals surface area contributed by atoms with Crippen molar-refractivity contribution in [3.8, 4) is 0 Å². The van der Waals surface area contributed by atoms with Crippen LogP contribution in [0.1, 0.15) is 25.7 Å². The van der Waals surface area contributed by atoms with Gasteiger partial charge in [-0.2, -0.15) is 0 Å². The molecule has 2 saturated carbocycles. The van der Waals surface area contributed by atoms with Crippen LogP contribution in [0.25, 0.3) is 0 Å². The molecule has 3 fully saturated rings. The van der Waals surface area contributed by atoms with Crippen molar-refractivity contribution in [2.75, 3.05) is 13.1 Å². The number of aliphatic hydroxyl groups excluding tert-OH is 1. The summed E-state index contributed by atoms with van der Waals surface area (Å²) < 4.78 is 0. The van der Waals surface area contributed by atoms with Crippen molar-refractivity contribution in [1.29, 1.82) is 0 Å². The van der Waals surface area contributed by atoms with Gasteiger partial charge in [0.25, 0.3) is 0 Å². The molecule has 1 heterocycles. The van der Waals surface area contributed by atoms with E-state index < -0.39 is 5.54 Å². The van der Waals surface area contributed by atoms with Gasteiger partial charge in [0.1, 0.15) is 0 Å². The second kappa shape index (κ2) is 2.95. The number of carbonyl (C=O) groups excluding carboxylic acids is 1. The number of aliphatic hydroxyl groups is 1. The van der Waals surface area contributed by atoms with Crippen molar-refractivity contribution in [1.82, 2.24) is 4.90 Å². The normalized spacial score (nSPS) is 41.7. The molecule has 0 aromatic carbocycles. The molecule has 3 rings (SSSR count). The molecular weight excluding hydrogens is 192 g/mol. The second-order valence-corrected chi connectivity index (χ2v) is 5.43. The quantitative estimate of drug-likeness (QED) is 0.625. The molecule has 4 nitrogen and oxygen atoms in total. The van der Waals surface area contributed by atoms with E-state index >= 15 is 0 Å². The van der Waals surface area contributed by atoms with Gasteiger partial charge in [0, 0.05) is 19.0 Å². The number of amides is 1. The van der Waals surface area contributed by atoms with Crippen LogP contribution >= 0.6 is 0 Å². The molecular formula is C11H18N2O2. The highest BCUT2D eigenvalue weighted by molar-refractivity contribution is 5.89. The zero-order valence-electron chi connectivity index (χ0n) is 8.85. The number of nitrogens with zero attached hydrogens (tertiary/aromatic N) is 1. The first-order chi connectivity index (χ1) is 7.10. The first-order valence-corrected chi connectivity index (χ1v) is 5.86. The van der Waals surface area contributed by atoms with Gasteiger partial charge in [-0.25, -0.2) is 0 Å². The Labute approximate surface area is 89.4 Å². The molecule has 3 aliphatic rings. The molecule has 1 saturated heterocycles. The van der Waals surface area contributed by atoms with Gasteiger partial charge >= 0.3 is 0 Å². The van der Waals surface area contributed by atoms with Gasteiger partial charge in [-0.05, 0) is 31.6 Å². The largest absolute Gasteiger partial charge is 0.393 e. The monoisotopic (exact) mass is 210 g/mol. The maximum absolute atomic E-state index is 12.0. The Kier molecular flexibility index (Phi) is 1.89. The van der Waals surface area contributed by atoms with Gasteiger partial charge in [-0.1, -0.05) is 0 Å². The summed E-state index contributed by atoms with van der Waals surface area (Å²) in [4.78, 5) is 13.9. The summed E-state index contributed by atoms with van der Waals surface area (Å²) in [5.41, 5.74) is 5.36. The summed E-state index contributed by atoms with van der Waals surface area (Å²) in [6.07, 6.45) is 3.44. The fourth-order valence-electron chi connectivity index (χ4n) is 3.07. The van der Waals surface area contributed by atoms with Crippen LogP contribution in [0.2, 0.25) is 0 Å². The minimum atomic E-state index is -0.538. The van der Waals surface area contributed by atoms with Crippen LogP contribution in [-0.4, -0.2) is 40.6 Å². The van der Waals surface area contributed by atoms with E-state index in [0.717, 1.165) is 38.8 Å². The number of nitrogens with two attached hydrogens (primary N) is 1. The Balaban J connectivity index is 1.69. The average Bonchev–Trinajstić information content (AvgIpc) is 2.71. The zero-order chi connectivity index (χ0) is 10.6. The second-order valence-electron chi connectivity index (χ2n) is 5.43. The van der Waals surface area contributed by atoms with Crippen LogP contribution < -0.4 is 5.73 Å². The predicted molar refractivity (Wildman–Crippen MR) is 55.0 cm³/mol. The van der Waals surface area contributed by atoms with Crippen molar-refractivity contribution in [3.63, 3.8) is 0 Å². The highest BCUT2D eigenvalue weighted by Crippen LogP contribution is 2.41. The van der Waals surface area contributed by atoms with Crippen LogP contribution in [0.5, 0.6) is 0 Å². The minimum Gasteiger partial charge on any atom is -0.393 e. The summed E-state index contributed by atoms with van der Waals surface area (Å²) in [7, 11) is 0. The summed E-state index contributed by atoms with van der Waals surface area (Å²) in [5, 5.41) is 9.75. The topological polar surface area (TPSA) is 66.6 Å². The molecule has 84 valence electrons. The molecule has 2 aliphatic carbocycles. The van der Waals surface area contributed by atoms with E-state index in [9.17, 15) is 9.90 Å². The number of hydrogen-bond acceptors (Lipinski definition) is 3. The van der Waals surface area contributed by atoms with E-state index in [1.807, 2.05) is 4.90 Å². The molecule has 3 atom stereocenters. The molecule has 0 aromatic heterocycles. The van der Waals surface area contributed by atoms with Crippen LogP contribution in [-0.2, 0) is 4.79 Å². The van der Waals surface area contributed by atoms with Crippen LogP contribution in [0, 0.1) is 11.8 Å². The zero-order valence-corrected chi connectivity index (χ0v) is 8.85. The maximum Gasteiger partial charge on any atom is 0.242 e. The highest BCUT2D eigenvalue weighted by Gasteiger charge is 2.52. The molecule has 0 aromatic rings. The van der Waals surface area contributed by atoms with E-state index in [1.54, 1.807) is 0 Å². The van der Waals surface area contributed by atoms with E-state index in [1.165, 1.54) is 0 Å². The van der Waals surface area contributed by atoms with Gasteiger partial charge in [-0.3, -0.25) is 4.79 Å². The number of fused-ring (bicyclic) bond motifs is 1. The number of likely N-dealkylation sites (tertiary alicyclic amines) is 1. The van der Waals surface area contributed by atoms with Gasteiger partial charge < -0.3 is 15.7 Å². The van der Waals surface area contributed by atoms with Crippen molar-refractivity contribution in [2.24, 2.45) is 17.6 Å². The molecule has 1 amide bonds. The van der Waals surface area contributed by atoms with E-state index in [4.69, 9.17) is 5.73 Å². The number of rotatable bonds is 1. The SMILES string of the molecule is NC1(C(=O)N2CC3CCC(O)C3C2)CC1. The smallest absolute Gasteiger partial charge is 0.242 e. The molecule has 0 radical (unpaired) electrons. The Hall–Kier alpha value is -0.610. The summed E-state index contributed by atoms with van der Waals surface area (Å²) in [6.45, 7) is 1.54. The lowest BCUT2D eigenvalue weighted by Gasteiger charge is -2.21. The first kappa shape index (κ1) is 9.60. The van der Waals surface area contributed by atoms with E-state index in [-0.39, 0.29) is 12.0 Å². The van der Waals surface area contributed by atoms with E-state index in [2.05, 4.69) is 0 Å². The molecule has 1 aliphatic heterocycles. The molecule has 0 spiro atoms. The minimum absolute atomic E-state index is 0.115. The molecule has 4 heteroatoms. The lowest BCUT2D eigenvalue weighted by Crippen LogP contribution is -2.45. The summed E-state index contributed by atoms with van der Waals surface area (Å²) in [6, 6.07) is 0. The summed E-state index contributed by atoms with van der Waals surface area (Å²) >= 11 is 0. The Bertz CT molecular complexity index is 301. The third kappa shape index (κ3) is 1.39. The summed E-state index contributed by atoms with van der Waals surface area (Å²) in [5.74, 6) is 0.951. The number of carbonyl (C=O) groups is 1. The third-order valence-electron chi connectivity index (χ3n) is 4.32. The third-order valence-corrected chi connectivity index (χ3v) is 4.32. The fraction of sp³-hybridized carbons (Fsp3) is 0.909. The van der Waals surface area contributed by atoms with Crippen LogP contribution in [0.4, 0.5) is 0 Å². The Morgan fingerprint density at radius 2 is 2.07 bits per heavy atom. The highest BCUT2D eigenvalue weighted by atomic mass is 16.3. The van der Waals surface area contributed by atoms with Gasteiger partial charge in [0.15, 0.2) is 0 Å². The average molecular weight is 210 g/mol. The number of hydrogen-bond donors (Lipinski definition) is 2. The molecule has 15 heavy (non-hydrogen) atoms. The van der Waals surface area contributed by atoms with Gasteiger partial charge in [0.05, 0.1) is 11.6 Å². The first-order valence-electron chi connectivity index (χ1n) is 5.86. The van der Waals surface area contributed by atoms with Crippen molar-refractivity contribution in [3.05, 3.63) is 0 Å². The standard InChI is InChI=1S/C11H18N2O2/c12-11(3-4-11)10(15)13-5-7-1-2-9(14)8(7)6-13/h7-9,14H,1-6,12H2.